The SMILES string of the molecule is COC(=O)CC1CN(c2nc(N3CCC3C)nc3c2CCC3C)C1. The Kier molecular flexibility index (Phi) is 3.85. The summed E-state index contributed by atoms with van der Waals surface area (Å²) in [5.74, 6) is 2.79. The van der Waals surface area contributed by atoms with Gasteiger partial charge in [-0.3, -0.25) is 4.79 Å². The molecule has 1 aromatic rings. The van der Waals surface area contributed by atoms with Crippen molar-refractivity contribution in [1.82, 2.24) is 9.97 Å². The van der Waals surface area contributed by atoms with Crippen LogP contribution in [0, 0.1) is 5.92 Å². The van der Waals surface area contributed by atoms with E-state index in [-0.39, 0.29) is 5.97 Å². The topological polar surface area (TPSA) is 58.6 Å². The van der Waals surface area contributed by atoms with Crippen LogP contribution >= 0.6 is 0 Å². The van der Waals surface area contributed by atoms with Crippen molar-refractivity contribution in [2.45, 2.75) is 51.5 Å². The van der Waals surface area contributed by atoms with Crippen LogP contribution in [0.5, 0.6) is 0 Å². The molecular weight excluding hydrogens is 304 g/mol. The highest BCUT2D eigenvalue weighted by Gasteiger charge is 2.36. The number of rotatable bonds is 4. The van der Waals surface area contributed by atoms with Crippen molar-refractivity contribution < 1.29 is 9.53 Å². The number of esters is 1. The molecule has 2 atom stereocenters. The minimum Gasteiger partial charge on any atom is -0.469 e. The average Bonchev–Trinajstić information content (AvgIpc) is 2.89. The maximum Gasteiger partial charge on any atom is 0.305 e. The van der Waals surface area contributed by atoms with Crippen LogP contribution in [-0.4, -0.2) is 48.7 Å². The number of hydrogen-bond donors (Lipinski definition) is 0. The molecule has 2 saturated heterocycles. The van der Waals surface area contributed by atoms with Crippen molar-refractivity contribution in [3.05, 3.63) is 11.3 Å². The van der Waals surface area contributed by atoms with Gasteiger partial charge in [-0.2, -0.15) is 4.98 Å². The van der Waals surface area contributed by atoms with Crippen molar-refractivity contribution in [3.63, 3.8) is 0 Å². The fourth-order valence-electron chi connectivity index (χ4n) is 4.02. The largest absolute Gasteiger partial charge is 0.469 e. The Morgan fingerprint density at radius 2 is 2.04 bits per heavy atom. The monoisotopic (exact) mass is 330 g/mol. The van der Waals surface area contributed by atoms with Crippen LogP contribution in [0.15, 0.2) is 0 Å². The van der Waals surface area contributed by atoms with Crippen molar-refractivity contribution in [2.75, 3.05) is 36.5 Å². The summed E-state index contributed by atoms with van der Waals surface area (Å²) in [5, 5.41) is 0. The minimum absolute atomic E-state index is 0.115. The highest BCUT2D eigenvalue weighted by Crippen LogP contribution is 2.40. The molecule has 3 aliphatic rings. The Bertz CT molecular complexity index is 657. The molecule has 3 heterocycles. The molecule has 0 N–H and O–H groups in total. The number of carbonyl (C=O) groups is 1. The van der Waals surface area contributed by atoms with Crippen LogP contribution in [0.25, 0.3) is 0 Å². The summed E-state index contributed by atoms with van der Waals surface area (Å²) in [7, 11) is 1.46. The standard InChI is InChI=1S/C18H26N4O2/c1-11-4-5-14-16(11)19-18(22-7-6-12(22)2)20-17(14)21-9-13(10-21)8-15(23)24-3/h11-13H,4-10H2,1-3H3. The quantitative estimate of drug-likeness (QED) is 0.788. The van der Waals surface area contributed by atoms with Gasteiger partial charge in [0.25, 0.3) is 0 Å². The normalized spacial score (nSPS) is 26.0. The van der Waals surface area contributed by atoms with Gasteiger partial charge in [-0.1, -0.05) is 6.92 Å². The summed E-state index contributed by atoms with van der Waals surface area (Å²) in [6.07, 6.45) is 3.96. The van der Waals surface area contributed by atoms with E-state index in [0.717, 1.165) is 44.2 Å². The molecule has 0 aromatic carbocycles. The molecule has 0 saturated carbocycles. The second-order valence-electron chi connectivity index (χ2n) is 7.53. The van der Waals surface area contributed by atoms with Gasteiger partial charge in [0.05, 0.1) is 19.2 Å². The summed E-state index contributed by atoms with van der Waals surface area (Å²) in [6.45, 7) is 7.34. The van der Waals surface area contributed by atoms with E-state index in [0.29, 0.717) is 24.3 Å². The summed E-state index contributed by atoms with van der Waals surface area (Å²) in [4.78, 5) is 25.9. The fourth-order valence-corrected chi connectivity index (χ4v) is 4.02. The first-order valence-electron chi connectivity index (χ1n) is 9.06. The van der Waals surface area contributed by atoms with E-state index in [4.69, 9.17) is 14.7 Å². The van der Waals surface area contributed by atoms with Gasteiger partial charge in [0.2, 0.25) is 5.95 Å². The number of methoxy groups -OCH3 is 1. The lowest BCUT2D eigenvalue weighted by Crippen LogP contribution is -2.50. The zero-order chi connectivity index (χ0) is 16.8. The van der Waals surface area contributed by atoms with Gasteiger partial charge in [-0.05, 0) is 32.1 Å². The van der Waals surface area contributed by atoms with Gasteiger partial charge in [0, 0.05) is 37.2 Å². The highest BCUT2D eigenvalue weighted by molar-refractivity contribution is 5.70. The van der Waals surface area contributed by atoms with E-state index in [1.807, 2.05) is 0 Å². The van der Waals surface area contributed by atoms with Gasteiger partial charge in [0.15, 0.2) is 0 Å². The lowest BCUT2D eigenvalue weighted by molar-refractivity contribution is -0.141. The third-order valence-electron chi connectivity index (χ3n) is 5.82. The third kappa shape index (κ3) is 2.52. The van der Waals surface area contributed by atoms with Crippen molar-refractivity contribution in [1.29, 1.82) is 0 Å². The lowest BCUT2D eigenvalue weighted by atomic mass is 9.95. The number of aromatic nitrogens is 2. The predicted molar refractivity (Wildman–Crippen MR) is 92.5 cm³/mol. The first kappa shape index (κ1) is 15.7. The van der Waals surface area contributed by atoms with Crippen LogP contribution in [-0.2, 0) is 16.0 Å². The van der Waals surface area contributed by atoms with Crippen molar-refractivity contribution >= 4 is 17.7 Å². The van der Waals surface area contributed by atoms with E-state index < -0.39 is 0 Å². The zero-order valence-electron chi connectivity index (χ0n) is 14.8. The average molecular weight is 330 g/mol. The summed E-state index contributed by atoms with van der Waals surface area (Å²) in [6, 6.07) is 0.538. The molecule has 0 bridgehead atoms. The Balaban J connectivity index is 1.57. The van der Waals surface area contributed by atoms with E-state index in [2.05, 4.69) is 23.6 Å². The minimum atomic E-state index is -0.115. The van der Waals surface area contributed by atoms with Gasteiger partial charge >= 0.3 is 5.97 Å². The third-order valence-corrected chi connectivity index (χ3v) is 5.82. The van der Waals surface area contributed by atoms with E-state index in [1.165, 1.54) is 24.8 Å². The number of anilines is 2. The molecule has 0 spiro atoms. The lowest BCUT2D eigenvalue weighted by Gasteiger charge is -2.42. The number of fused-ring (bicyclic) bond motifs is 1. The molecule has 24 heavy (non-hydrogen) atoms. The highest BCUT2D eigenvalue weighted by atomic mass is 16.5. The first-order valence-corrected chi connectivity index (χ1v) is 9.06. The van der Waals surface area contributed by atoms with Crippen molar-refractivity contribution in [3.8, 4) is 0 Å². The second kappa shape index (κ2) is 5.90. The van der Waals surface area contributed by atoms with Gasteiger partial charge in [0.1, 0.15) is 5.82 Å². The number of hydrogen-bond acceptors (Lipinski definition) is 6. The van der Waals surface area contributed by atoms with E-state index in [9.17, 15) is 4.79 Å². The molecule has 2 unspecified atom stereocenters. The molecule has 6 nitrogen and oxygen atoms in total. The molecule has 130 valence electrons. The molecule has 6 heteroatoms. The van der Waals surface area contributed by atoms with Gasteiger partial charge < -0.3 is 14.5 Å². The smallest absolute Gasteiger partial charge is 0.305 e. The first-order chi connectivity index (χ1) is 11.6. The predicted octanol–water partition coefficient (Wildman–Crippen LogP) is 2.12. The van der Waals surface area contributed by atoms with E-state index in [1.54, 1.807) is 0 Å². The molecule has 0 radical (unpaired) electrons. The number of ether oxygens (including phenoxy) is 1. The Morgan fingerprint density at radius 3 is 2.67 bits per heavy atom. The van der Waals surface area contributed by atoms with Crippen molar-refractivity contribution in [2.24, 2.45) is 5.92 Å². The zero-order valence-corrected chi connectivity index (χ0v) is 14.8. The second-order valence-corrected chi connectivity index (χ2v) is 7.53. The van der Waals surface area contributed by atoms with Crippen LogP contribution in [0.3, 0.4) is 0 Å². The van der Waals surface area contributed by atoms with Crippen LogP contribution < -0.4 is 9.80 Å². The van der Waals surface area contributed by atoms with Crippen LogP contribution in [0.2, 0.25) is 0 Å². The van der Waals surface area contributed by atoms with Gasteiger partial charge in [-0.25, -0.2) is 4.98 Å². The van der Waals surface area contributed by atoms with Crippen LogP contribution in [0.4, 0.5) is 11.8 Å². The van der Waals surface area contributed by atoms with Crippen LogP contribution in [0.1, 0.15) is 50.3 Å². The molecule has 0 amide bonds. The Labute approximate surface area is 143 Å². The maximum absolute atomic E-state index is 11.4. The summed E-state index contributed by atoms with van der Waals surface area (Å²) < 4.78 is 4.78. The summed E-state index contributed by atoms with van der Waals surface area (Å²) >= 11 is 0. The van der Waals surface area contributed by atoms with Gasteiger partial charge in [-0.15, -0.1) is 0 Å². The molecule has 2 aliphatic heterocycles. The molecule has 2 fully saturated rings. The molecule has 1 aromatic heterocycles. The molecular formula is C18H26N4O2. The Morgan fingerprint density at radius 1 is 1.25 bits per heavy atom. The van der Waals surface area contributed by atoms with E-state index >= 15 is 0 Å². The fraction of sp³-hybridized carbons (Fsp3) is 0.722. The number of nitrogens with zero attached hydrogens (tertiary/aromatic N) is 4. The molecule has 1 aliphatic carbocycles. The number of carbonyl (C=O) groups excluding carboxylic acids is 1. The Hall–Kier alpha value is -1.85. The maximum atomic E-state index is 11.4. The molecule has 4 rings (SSSR count). The summed E-state index contributed by atoms with van der Waals surface area (Å²) in [5.41, 5.74) is 2.57.